The van der Waals surface area contributed by atoms with E-state index < -0.39 is 78.8 Å². The van der Waals surface area contributed by atoms with Gasteiger partial charge < -0.3 is 28.8 Å². The number of carbonyl (C=O) groups is 3. The third-order valence-electron chi connectivity index (χ3n) is 5.69. The van der Waals surface area contributed by atoms with Crippen LogP contribution in [0.3, 0.4) is 0 Å². The number of carbonyl (C=O) groups excluding carboxylic acids is 3. The van der Waals surface area contributed by atoms with Crippen LogP contribution in [0.2, 0.25) is 0 Å². The summed E-state index contributed by atoms with van der Waals surface area (Å²) in [4.78, 5) is 39.3. The summed E-state index contributed by atoms with van der Waals surface area (Å²) in [7, 11) is -4.35. The normalized spacial score (nSPS) is 12.3. The molecule has 13 heteroatoms. The molecule has 0 saturated heterocycles. The second kappa shape index (κ2) is 9.80. The number of phenolic OH excluding ortho intramolecular Hbond substituents is 3. The van der Waals surface area contributed by atoms with Crippen LogP contribution in [-0.2, 0) is 10.4 Å². The number of aryl methyl sites for hydroxylation is 1. The van der Waals surface area contributed by atoms with Crippen molar-refractivity contribution in [1.29, 1.82) is 0 Å². The first-order valence-electron chi connectivity index (χ1n) is 10.2. The molecular formula is C24H17NaO11S. The van der Waals surface area contributed by atoms with Crippen molar-refractivity contribution >= 4 is 27.7 Å². The van der Waals surface area contributed by atoms with E-state index in [1.54, 1.807) is 0 Å². The average Bonchev–Trinajstić information content (AvgIpc) is 2.75. The zero-order valence-electron chi connectivity index (χ0n) is 19.9. The first-order valence-corrected chi connectivity index (χ1v) is 11.5. The van der Waals surface area contributed by atoms with Crippen LogP contribution in [0.25, 0.3) is 11.1 Å². The van der Waals surface area contributed by atoms with E-state index >= 15 is 0 Å². The van der Waals surface area contributed by atoms with Crippen LogP contribution >= 0.6 is 0 Å². The maximum atomic E-state index is 13.6. The number of Topliss-reactive ketones (excluding diaryl/α,β-unsaturated/α-hetero) is 1. The Hall–Kier alpha value is -3.42. The molecule has 186 valence electrons. The fourth-order valence-corrected chi connectivity index (χ4v) is 4.74. The zero-order chi connectivity index (χ0) is 26.7. The van der Waals surface area contributed by atoms with Gasteiger partial charge in [-0.3, -0.25) is 14.4 Å². The summed E-state index contributed by atoms with van der Waals surface area (Å²) in [5, 5.41) is 31.2. The van der Waals surface area contributed by atoms with Gasteiger partial charge in [-0.2, -0.15) is 0 Å². The number of ketones is 3. The van der Waals surface area contributed by atoms with E-state index in [1.807, 2.05) is 0 Å². The molecule has 1 aliphatic carbocycles. The molecule has 0 aliphatic heterocycles. The number of ether oxygens (including phenoxy) is 1. The Balaban J connectivity index is 0.00000380. The summed E-state index contributed by atoms with van der Waals surface area (Å²) in [6.45, 7) is 2.49. The number of hydrogen-bond donors (Lipinski definition) is 3. The molecule has 0 saturated carbocycles. The van der Waals surface area contributed by atoms with Crippen molar-refractivity contribution in [1.82, 2.24) is 0 Å². The molecule has 37 heavy (non-hydrogen) atoms. The molecule has 0 fully saturated rings. The summed E-state index contributed by atoms with van der Waals surface area (Å²) in [6.07, 6.45) is 0. The Morgan fingerprint density at radius 2 is 1.54 bits per heavy atom. The van der Waals surface area contributed by atoms with E-state index in [4.69, 9.17) is 4.74 Å². The maximum absolute atomic E-state index is 13.6. The third kappa shape index (κ3) is 4.58. The molecular weight excluding hydrogens is 519 g/mol. The molecule has 3 N–H and O–H groups in total. The average molecular weight is 536 g/mol. The fraction of sp³-hybridized carbons (Fsp3) is 0.125. The second-order valence-corrected chi connectivity index (χ2v) is 8.90. The van der Waals surface area contributed by atoms with E-state index in [9.17, 15) is 42.7 Å². The molecule has 0 spiro atoms. The Labute approximate surface area is 232 Å². The van der Waals surface area contributed by atoms with Crippen molar-refractivity contribution in [3.05, 3.63) is 63.7 Å². The van der Waals surface area contributed by atoms with E-state index in [0.717, 1.165) is 20.1 Å². The Kier molecular flexibility index (Phi) is 7.46. The van der Waals surface area contributed by atoms with Gasteiger partial charge >= 0.3 is 29.6 Å². The van der Waals surface area contributed by atoms with Gasteiger partial charge in [0.1, 0.15) is 28.6 Å². The summed E-state index contributed by atoms with van der Waals surface area (Å²) in [6, 6.07) is 5.58. The van der Waals surface area contributed by atoms with Crippen molar-refractivity contribution < 1.29 is 81.2 Å². The molecule has 3 aromatic rings. The molecule has 0 atom stereocenters. The molecule has 0 amide bonds. The predicted octanol–water partition coefficient (Wildman–Crippen LogP) is -0.392. The maximum Gasteiger partial charge on any atom is 1.00 e. The predicted molar refractivity (Wildman–Crippen MR) is 122 cm³/mol. The zero-order valence-corrected chi connectivity index (χ0v) is 22.7. The van der Waals surface area contributed by atoms with Crippen LogP contribution in [0.5, 0.6) is 28.7 Å². The molecule has 11 nitrogen and oxygen atoms in total. The van der Waals surface area contributed by atoms with Crippen LogP contribution in [0.4, 0.5) is 0 Å². The van der Waals surface area contributed by atoms with Crippen molar-refractivity contribution in [2.24, 2.45) is 0 Å². The van der Waals surface area contributed by atoms with E-state index in [-0.39, 0.29) is 51.8 Å². The minimum atomic E-state index is -5.44. The number of methoxy groups -OCH3 is 1. The van der Waals surface area contributed by atoms with Gasteiger partial charge in [-0.1, -0.05) is 12.1 Å². The minimum Gasteiger partial charge on any atom is -0.716 e. The molecule has 1 aliphatic rings. The number of benzene rings is 3. The van der Waals surface area contributed by atoms with Crippen molar-refractivity contribution in [3.63, 3.8) is 0 Å². The largest absolute Gasteiger partial charge is 1.00 e. The smallest absolute Gasteiger partial charge is 0.716 e. The van der Waals surface area contributed by atoms with Gasteiger partial charge in [0, 0.05) is 22.8 Å². The van der Waals surface area contributed by atoms with Gasteiger partial charge in [0.2, 0.25) is 5.78 Å². The van der Waals surface area contributed by atoms with E-state index in [0.29, 0.717) is 6.07 Å². The SMILES string of the molecule is COc1c(C(C)=O)c(O)cc(OS(=O)(=O)[O-])c1-c1c(C)cc(O)c2c1C(=O)c1cccc(O)c1C2=O.[Na+]. The monoisotopic (exact) mass is 536 g/mol. The molecule has 0 unspecified atom stereocenters. The van der Waals surface area contributed by atoms with Crippen LogP contribution < -0.4 is 38.5 Å². The summed E-state index contributed by atoms with van der Waals surface area (Å²) in [5.41, 5.74) is -2.40. The summed E-state index contributed by atoms with van der Waals surface area (Å²) < 4.78 is 44.3. The van der Waals surface area contributed by atoms with Gasteiger partial charge in [-0.05, 0) is 31.5 Å². The van der Waals surface area contributed by atoms with Crippen LogP contribution in [0.1, 0.15) is 54.7 Å². The summed E-state index contributed by atoms with van der Waals surface area (Å²) >= 11 is 0. The van der Waals surface area contributed by atoms with Crippen molar-refractivity contribution in [2.45, 2.75) is 13.8 Å². The van der Waals surface area contributed by atoms with Crippen molar-refractivity contribution in [2.75, 3.05) is 7.11 Å². The quantitative estimate of drug-likeness (QED) is 0.130. The minimum absolute atomic E-state index is 0. The van der Waals surface area contributed by atoms with Gasteiger partial charge in [-0.25, -0.2) is 8.42 Å². The summed E-state index contributed by atoms with van der Waals surface area (Å²) in [5.74, 6) is -5.57. The molecule has 4 rings (SSSR count). The third-order valence-corrected chi connectivity index (χ3v) is 6.08. The number of aromatic hydroxyl groups is 3. The fourth-order valence-electron chi connectivity index (χ4n) is 4.38. The first-order chi connectivity index (χ1) is 16.8. The molecule has 3 aromatic carbocycles. The van der Waals surface area contributed by atoms with Gasteiger partial charge in [0.15, 0.2) is 17.3 Å². The number of rotatable bonds is 5. The Morgan fingerprint density at radius 1 is 0.892 bits per heavy atom. The molecule has 0 aromatic heterocycles. The van der Waals surface area contributed by atoms with Gasteiger partial charge in [0.05, 0.1) is 23.8 Å². The Bertz CT molecular complexity index is 1620. The molecule has 0 radical (unpaired) electrons. The standard InChI is InChI=1S/C24H18O11S.Na/c1-9-7-13(27)19-21(22(29)11-5-4-6-12(26)18(11)23(19)30)16(9)20-15(35-36(31,32)33)8-14(28)17(10(2)25)24(20)34-3;/h4-8,26-28H,1-3H3,(H,31,32,33);/q;+1/p-1. The molecule has 0 bridgehead atoms. The first kappa shape index (κ1) is 28.2. The van der Waals surface area contributed by atoms with E-state index in [2.05, 4.69) is 4.18 Å². The van der Waals surface area contributed by atoms with Crippen LogP contribution in [0.15, 0.2) is 30.3 Å². The van der Waals surface area contributed by atoms with Crippen LogP contribution in [-0.4, -0.2) is 52.7 Å². The van der Waals surface area contributed by atoms with Gasteiger partial charge in [-0.15, -0.1) is 0 Å². The molecule has 0 heterocycles. The van der Waals surface area contributed by atoms with Gasteiger partial charge in [0.25, 0.3) is 10.4 Å². The number of fused-ring (bicyclic) bond motifs is 2. The number of phenols is 3. The van der Waals surface area contributed by atoms with Crippen molar-refractivity contribution in [3.8, 4) is 39.9 Å². The number of hydrogen-bond acceptors (Lipinski definition) is 11. The Morgan fingerprint density at radius 3 is 2.11 bits per heavy atom. The van der Waals surface area contributed by atoms with E-state index in [1.165, 1.54) is 25.1 Å². The second-order valence-electron chi connectivity index (χ2n) is 7.92. The van der Waals surface area contributed by atoms with Crippen LogP contribution in [0, 0.1) is 6.92 Å². The topological polar surface area (TPSA) is 188 Å².